The van der Waals surface area contributed by atoms with Gasteiger partial charge in [0.1, 0.15) is 5.75 Å². The monoisotopic (exact) mass is 275 g/mol. The van der Waals surface area contributed by atoms with Crippen LogP contribution in [0.1, 0.15) is 24.1 Å². The number of hydrogen-bond acceptors (Lipinski definition) is 2. The minimum atomic E-state index is 0.208. The van der Waals surface area contributed by atoms with Crippen LogP contribution in [0.3, 0.4) is 0 Å². The van der Waals surface area contributed by atoms with E-state index in [1.54, 1.807) is 7.11 Å². The zero-order valence-corrected chi connectivity index (χ0v) is 11.9. The molecule has 3 heteroatoms. The molecular formula is C16H18ClNO. The fourth-order valence-electron chi connectivity index (χ4n) is 1.99. The first kappa shape index (κ1) is 13.9. The van der Waals surface area contributed by atoms with E-state index in [1.807, 2.05) is 42.5 Å². The Kier molecular flexibility index (Phi) is 4.83. The van der Waals surface area contributed by atoms with E-state index < -0.39 is 0 Å². The average molecular weight is 276 g/mol. The molecule has 0 spiro atoms. The summed E-state index contributed by atoms with van der Waals surface area (Å²) in [6.45, 7) is 2.89. The smallest absolute Gasteiger partial charge is 0.119 e. The molecule has 0 saturated carbocycles. The molecule has 19 heavy (non-hydrogen) atoms. The molecule has 0 aliphatic heterocycles. The van der Waals surface area contributed by atoms with Crippen molar-refractivity contribution < 1.29 is 4.74 Å². The van der Waals surface area contributed by atoms with Gasteiger partial charge in [-0.15, -0.1) is 0 Å². The number of hydrogen-bond donors (Lipinski definition) is 1. The lowest BCUT2D eigenvalue weighted by Gasteiger charge is -2.16. The van der Waals surface area contributed by atoms with Crippen molar-refractivity contribution in [2.75, 3.05) is 7.11 Å². The van der Waals surface area contributed by atoms with Crippen LogP contribution >= 0.6 is 11.6 Å². The Balaban J connectivity index is 2.00. The van der Waals surface area contributed by atoms with Gasteiger partial charge in [-0.05, 0) is 36.2 Å². The third kappa shape index (κ3) is 3.72. The minimum Gasteiger partial charge on any atom is -0.497 e. The van der Waals surface area contributed by atoms with E-state index in [0.717, 1.165) is 22.9 Å². The predicted molar refractivity (Wildman–Crippen MR) is 79.7 cm³/mol. The summed E-state index contributed by atoms with van der Waals surface area (Å²) in [5.41, 5.74) is 2.31. The second-order valence-electron chi connectivity index (χ2n) is 4.48. The molecule has 100 valence electrons. The van der Waals surface area contributed by atoms with Gasteiger partial charge in [-0.1, -0.05) is 41.9 Å². The lowest BCUT2D eigenvalue weighted by Crippen LogP contribution is -2.18. The van der Waals surface area contributed by atoms with Crippen LogP contribution in [0.5, 0.6) is 5.75 Å². The Labute approximate surface area is 119 Å². The lowest BCUT2D eigenvalue weighted by atomic mass is 10.1. The summed E-state index contributed by atoms with van der Waals surface area (Å²) in [6.07, 6.45) is 0. The number of benzene rings is 2. The Morgan fingerprint density at radius 3 is 2.68 bits per heavy atom. The zero-order chi connectivity index (χ0) is 13.7. The molecule has 1 atom stereocenters. The summed E-state index contributed by atoms with van der Waals surface area (Å²) in [6, 6.07) is 16.2. The van der Waals surface area contributed by atoms with Gasteiger partial charge in [0.05, 0.1) is 7.11 Å². The maximum Gasteiger partial charge on any atom is 0.119 e. The van der Waals surface area contributed by atoms with Crippen molar-refractivity contribution in [3.8, 4) is 5.75 Å². The van der Waals surface area contributed by atoms with Crippen LogP contribution in [0.15, 0.2) is 48.5 Å². The van der Waals surface area contributed by atoms with Crippen molar-refractivity contribution in [2.24, 2.45) is 0 Å². The molecule has 2 aromatic carbocycles. The molecular weight excluding hydrogens is 258 g/mol. The van der Waals surface area contributed by atoms with Gasteiger partial charge in [-0.25, -0.2) is 0 Å². The highest BCUT2D eigenvalue weighted by Crippen LogP contribution is 2.22. The maximum absolute atomic E-state index is 6.19. The van der Waals surface area contributed by atoms with Crippen LogP contribution in [0, 0.1) is 0 Å². The second-order valence-corrected chi connectivity index (χ2v) is 4.88. The van der Waals surface area contributed by atoms with Gasteiger partial charge >= 0.3 is 0 Å². The first-order chi connectivity index (χ1) is 9.20. The topological polar surface area (TPSA) is 21.3 Å². The molecule has 0 aliphatic rings. The van der Waals surface area contributed by atoms with Gasteiger partial charge in [0.25, 0.3) is 0 Å². The van der Waals surface area contributed by atoms with Crippen LogP contribution in [-0.4, -0.2) is 7.11 Å². The van der Waals surface area contributed by atoms with E-state index in [4.69, 9.17) is 16.3 Å². The summed E-state index contributed by atoms with van der Waals surface area (Å²) in [7, 11) is 1.68. The number of rotatable bonds is 5. The highest BCUT2D eigenvalue weighted by Gasteiger charge is 2.08. The van der Waals surface area contributed by atoms with E-state index >= 15 is 0 Å². The molecule has 2 rings (SSSR count). The molecule has 0 amide bonds. The van der Waals surface area contributed by atoms with Crippen LogP contribution in [0.4, 0.5) is 0 Å². The van der Waals surface area contributed by atoms with Crippen molar-refractivity contribution in [1.82, 2.24) is 5.32 Å². The first-order valence-electron chi connectivity index (χ1n) is 6.31. The Hall–Kier alpha value is -1.51. The molecule has 0 saturated heterocycles. The quantitative estimate of drug-likeness (QED) is 0.883. The predicted octanol–water partition coefficient (Wildman–Crippen LogP) is 4.20. The van der Waals surface area contributed by atoms with Gasteiger partial charge in [0, 0.05) is 17.6 Å². The SMILES string of the molecule is COc1cccc(CN[C@H](C)c2ccccc2Cl)c1. The summed E-state index contributed by atoms with van der Waals surface area (Å²) < 4.78 is 5.22. The summed E-state index contributed by atoms with van der Waals surface area (Å²) in [4.78, 5) is 0. The Bertz CT molecular complexity index is 542. The molecule has 0 heterocycles. The third-order valence-electron chi connectivity index (χ3n) is 3.12. The number of nitrogens with one attached hydrogen (secondary N) is 1. The maximum atomic E-state index is 6.19. The number of ether oxygens (including phenoxy) is 1. The molecule has 0 unspecified atom stereocenters. The van der Waals surface area contributed by atoms with Gasteiger partial charge < -0.3 is 10.1 Å². The molecule has 2 aromatic rings. The van der Waals surface area contributed by atoms with Crippen molar-refractivity contribution >= 4 is 11.6 Å². The van der Waals surface area contributed by atoms with E-state index in [0.29, 0.717) is 0 Å². The molecule has 0 aromatic heterocycles. The Morgan fingerprint density at radius 1 is 1.16 bits per heavy atom. The van der Waals surface area contributed by atoms with Crippen molar-refractivity contribution in [3.05, 3.63) is 64.7 Å². The normalized spacial score (nSPS) is 12.2. The van der Waals surface area contributed by atoms with Crippen molar-refractivity contribution in [2.45, 2.75) is 19.5 Å². The van der Waals surface area contributed by atoms with E-state index in [9.17, 15) is 0 Å². The van der Waals surface area contributed by atoms with Crippen molar-refractivity contribution in [3.63, 3.8) is 0 Å². The molecule has 2 nitrogen and oxygen atoms in total. The molecule has 0 radical (unpaired) electrons. The Morgan fingerprint density at radius 2 is 1.95 bits per heavy atom. The fraction of sp³-hybridized carbons (Fsp3) is 0.250. The van der Waals surface area contributed by atoms with E-state index in [-0.39, 0.29) is 6.04 Å². The largest absolute Gasteiger partial charge is 0.497 e. The molecule has 1 N–H and O–H groups in total. The average Bonchev–Trinajstić information content (AvgIpc) is 2.45. The lowest BCUT2D eigenvalue weighted by molar-refractivity contribution is 0.414. The highest BCUT2D eigenvalue weighted by molar-refractivity contribution is 6.31. The molecule has 0 fully saturated rings. The molecule has 0 bridgehead atoms. The highest BCUT2D eigenvalue weighted by atomic mass is 35.5. The minimum absolute atomic E-state index is 0.208. The number of methoxy groups -OCH3 is 1. The van der Waals surface area contributed by atoms with Gasteiger partial charge in [0.2, 0.25) is 0 Å². The summed E-state index contributed by atoms with van der Waals surface area (Å²) >= 11 is 6.19. The standard InChI is InChI=1S/C16H18ClNO/c1-12(15-8-3-4-9-16(15)17)18-11-13-6-5-7-14(10-13)19-2/h3-10,12,18H,11H2,1-2H3/t12-/m1/s1. The number of halogens is 1. The van der Waals surface area contributed by atoms with E-state index in [2.05, 4.69) is 18.3 Å². The van der Waals surface area contributed by atoms with Gasteiger partial charge in [-0.2, -0.15) is 0 Å². The van der Waals surface area contributed by atoms with Crippen molar-refractivity contribution in [1.29, 1.82) is 0 Å². The first-order valence-corrected chi connectivity index (χ1v) is 6.69. The van der Waals surface area contributed by atoms with Crippen LogP contribution in [-0.2, 0) is 6.54 Å². The molecule has 0 aliphatic carbocycles. The van der Waals surface area contributed by atoms with Gasteiger partial charge in [0.15, 0.2) is 0 Å². The zero-order valence-electron chi connectivity index (χ0n) is 11.2. The van der Waals surface area contributed by atoms with E-state index in [1.165, 1.54) is 5.56 Å². The third-order valence-corrected chi connectivity index (χ3v) is 3.46. The fourth-order valence-corrected chi connectivity index (χ4v) is 2.29. The van der Waals surface area contributed by atoms with Crippen LogP contribution in [0.25, 0.3) is 0 Å². The van der Waals surface area contributed by atoms with Crippen LogP contribution < -0.4 is 10.1 Å². The van der Waals surface area contributed by atoms with Crippen LogP contribution in [0.2, 0.25) is 5.02 Å². The summed E-state index contributed by atoms with van der Waals surface area (Å²) in [5, 5.41) is 4.27. The van der Waals surface area contributed by atoms with Gasteiger partial charge in [-0.3, -0.25) is 0 Å². The summed E-state index contributed by atoms with van der Waals surface area (Å²) in [5.74, 6) is 0.879. The second kappa shape index (κ2) is 6.60.